The van der Waals surface area contributed by atoms with Crippen LogP contribution in [0.3, 0.4) is 0 Å². The molecule has 1 aromatic rings. The second-order valence-corrected chi connectivity index (χ2v) is 4.97. The molecule has 7 nitrogen and oxygen atoms in total. The van der Waals surface area contributed by atoms with Gasteiger partial charge in [-0.05, 0) is 24.6 Å². The lowest BCUT2D eigenvalue weighted by molar-refractivity contribution is -0.146. The number of aliphatic carboxylic acids is 1. The summed E-state index contributed by atoms with van der Waals surface area (Å²) >= 11 is 0. The Morgan fingerprint density at radius 2 is 1.50 bits per heavy atom. The average molecular weight is 342 g/mol. The van der Waals surface area contributed by atoms with Crippen molar-refractivity contribution in [3.8, 4) is 5.75 Å². The summed E-state index contributed by atoms with van der Waals surface area (Å²) in [6.45, 7) is 5.68. The third-order valence-corrected chi connectivity index (χ3v) is 3.08. The van der Waals surface area contributed by atoms with Gasteiger partial charge in [0.2, 0.25) is 0 Å². The second-order valence-electron chi connectivity index (χ2n) is 4.97. The van der Waals surface area contributed by atoms with Gasteiger partial charge in [0.25, 0.3) is 0 Å². The third-order valence-electron chi connectivity index (χ3n) is 3.08. The highest BCUT2D eigenvalue weighted by Gasteiger charge is 2.13. The molecule has 1 atom stereocenters. The molecule has 1 aromatic carbocycles. The molecule has 24 heavy (non-hydrogen) atoms. The Morgan fingerprint density at radius 3 is 2.04 bits per heavy atom. The molecule has 0 aliphatic heterocycles. The molecule has 0 aliphatic rings. The molecular weight excluding hydrogens is 316 g/mol. The molecule has 0 saturated heterocycles. The van der Waals surface area contributed by atoms with Crippen molar-refractivity contribution in [1.82, 2.24) is 0 Å². The molecule has 1 rings (SSSR count). The first kappa shape index (κ1) is 20.4. The predicted octanol–water partition coefficient (Wildman–Crippen LogP) is 1.12. The van der Waals surface area contributed by atoms with E-state index in [0.717, 1.165) is 5.56 Å². The highest BCUT2D eigenvalue weighted by Crippen LogP contribution is 2.13. The van der Waals surface area contributed by atoms with Crippen molar-refractivity contribution in [1.29, 1.82) is 0 Å². The van der Waals surface area contributed by atoms with Gasteiger partial charge in [-0.2, -0.15) is 0 Å². The van der Waals surface area contributed by atoms with E-state index in [1.165, 1.54) is 0 Å². The number of benzene rings is 1. The van der Waals surface area contributed by atoms with E-state index in [1.54, 1.807) is 24.3 Å². The highest BCUT2D eigenvalue weighted by molar-refractivity contribution is 5.72. The lowest BCUT2D eigenvalue weighted by Gasteiger charge is -2.09. The number of carboxylic acids is 1. The van der Waals surface area contributed by atoms with Gasteiger partial charge in [0.15, 0.2) is 6.10 Å². The minimum Gasteiger partial charge on any atom is -0.491 e. The average Bonchev–Trinajstić information content (AvgIpc) is 2.58. The summed E-state index contributed by atoms with van der Waals surface area (Å²) < 4.78 is 21.3. The minimum atomic E-state index is -1.39. The smallest absolute Gasteiger partial charge is 0.332 e. The Kier molecular flexibility index (Phi) is 10.8. The van der Waals surface area contributed by atoms with E-state index in [4.69, 9.17) is 24.1 Å². The van der Waals surface area contributed by atoms with E-state index in [0.29, 0.717) is 52.0 Å². The van der Waals surface area contributed by atoms with Crippen LogP contribution in [0, 0.1) is 0 Å². The van der Waals surface area contributed by atoms with Gasteiger partial charge in [0, 0.05) is 13.0 Å². The van der Waals surface area contributed by atoms with Crippen LogP contribution in [0.2, 0.25) is 0 Å². The number of hydrogen-bond acceptors (Lipinski definition) is 6. The van der Waals surface area contributed by atoms with Crippen molar-refractivity contribution < 1.29 is 34.0 Å². The van der Waals surface area contributed by atoms with Gasteiger partial charge in [-0.15, -0.1) is 0 Å². The van der Waals surface area contributed by atoms with Crippen LogP contribution in [0.15, 0.2) is 24.3 Å². The molecule has 0 fully saturated rings. The van der Waals surface area contributed by atoms with E-state index in [-0.39, 0.29) is 6.42 Å². The molecule has 0 aliphatic carbocycles. The topological polar surface area (TPSA) is 94.5 Å². The molecule has 0 spiro atoms. The Balaban J connectivity index is 2.06. The van der Waals surface area contributed by atoms with Gasteiger partial charge in [-0.3, -0.25) is 0 Å². The van der Waals surface area contributed by atoms with Gasteiger partial charge in [0.1, 0.15) is 12.4 Å². The normalized spacial score (nSPS) is 12.1. The maximum absolute atomic E-state index is 10.6. The summed E-state index contributed by atoms with van der Waals surface area (Å²) in [5.41, 5.74) is 0.734. The SMILES string of the molecule is CCOCCOCCOCCOc1ccc(CC(O)C(=O)O)cc1. The molecule has 0 radical (unpaired) electrons. The zero-order chi connectivity index (χ0) is 17.6. The standard InChI is InChI=1S/C17H26O7/c1-2-21-7-8-22-9-10-23-11-12-24-15-5-3-14(4-6-15)13-16(18)17(19)20/h3-6,16,18H,2,7-13H2,1H3,(H,19,20). The summed E-state index contributed by atoms with van der Waals surface area (Å²) in [4.78, 5) is 10.6. The van der Waals surface area contributed by atoms with Crippen molar-refractivity contribution >= 4 is 5.97 Å². The summed E-state index contributed by atoms with van der Waals surface area (Å²) in [6, 6.07) is 6.94. The van der Waals surface area contributed by atoms with E-state index in [9.17, 15) is 9.90 Å². The van der Waals surface area contributed by atoms with Crippen LogP contribution < -0.4 is 4.74 Å². The van der Waals surface area contributed by atoms with Crippen LogP contribution in [-0.2, 0) is 25.4 Å². The Bertz CT molecular complexity index is 447. The fraction of sp³-hybridized carbons (Fsp3) is 0.588. The lowest BCUT2D eigenvalue weighted by Crippen LogP contribution is -2.21. The monoisotopic (exact) mass is 342 g/mol. The van der Waals surface area contributed by atoms with E-state index in [1.807, 2.05) is 6.92 Å². The Morgan fingerprint density at radius 1 is 0.958 bits per heavy atom. The van der Waals surface area contributed by atoms with Crippen molar-refractivity contribution in [3.05, 3.63) is 29.8 Å². The van der Waals surface area contributed by atoms with Crippen LogP contribution >= 0.6 is 0 Å². The molecule has 7 heteroatoms. The molecule has 1 unspecified atom stereocenters. The van der Waals surface area contributed by atoms with Gasteiger partial charge in [0.05, 0.1) is 33.0 Å². The second kappa shape index (κ2) is 12.7. The molecule has 0 heterocycles. The quantitative estimate of drug-likeness (QED) is 0.489. The molecule has 0 aromatic heterocycles. The summed E-state index contributed by atoms with van der Waals surface area (Å²) in [6.07, 6.45) is -1.32. The van der Waals surface area contributed by atoms with Crippen molar-refractivity contribution in [2.45, 2.75) is 19.4 Å². The predicted molar refractivity (Wildman–Crippen MR) is 87.4 cm³/mol. The van der Waals surface area contributed by atoms with Crippen molar-refractivity contribution in [2.75, 3.05) is 46.2 Å². The van der Waals surface area contributed by atoms with E-state index in [2.05, 4.69) is 0 Å². The summed E-state index contributed by atoms with van der Waals surface area (Å²) in [5, 5.41) is 17.9. The molecule has 136 valence electrons. The molecule has 0 saturated carbocycles. The maximum atomic E-state index is 10.6. The van der Waals surface area contributed by atoms with E-state index >= 15 is 0 Å². The number of aliphatic hydroxyl groups is 1. The number of rotatable bonds is 14. The zero-order valence-electron chi connectivity index (χ0n) is 14.0. The highest BCUT2D eigenvalue weighted by atomic mass is 16.6. The summed E-state index contributed by atoms with van der Waals surface area (Å²) in [5.74, 6) is -0.561. The fourth-order valence-corrected chi connectivity index (χ4v) is 1.83. The zero-order valence-corrected chi connectivity index (χ0v) is 14.0. The van der Waals surface area contributed by atoms with Gasteiger partial charge >= 0.3 is 5.97 Å². The van der Waals surface area contributed by atoms with Crippen molar-refractivity contribution in [3.63, 3.8) is 0 Å². The van der Waals surface area contributed by atoms with E-state index < -0.39 is 12.1 Å². The largest absolute Gasteiger partial charge is 0.491 e. The Labute approximate surface area is 142 Å². The number of hydrogen-bond donors (Lipinski definition) is 2. The minimum absolute atomic E-state index is 0.0714. The maximum Gasteiger partial charge on any atom is 0.332 e. The van der Waals surface area contributed by atoms with Crippen LogP contribution in [-0.4, -0.2) is 68.5 Å². The number of carbonyl (C=O) groups is 1. The fourth-order valence-electron chi connectivity index (χ4n) is 1.83. The number of ether oxygens (including phenoxy) is 4. The first-order chi connectivity index (χ1) is 11.6. The van der Waals surface area contributed by atoms with Gasteiger partial charge in [-0.1, -0.05) is 12.1 Å². The first-order valence-corrected chi connectivity index (χ1v) is 7.99. The molecule has 0 amide bonds. The Hall–Kier alpha value is -1.67. The van der Waals surface area contributed by atoms with Crippen LogP contribution in [0.25, 0.3) is 0 Å². The molecular formula is C17H26O7. The van der Waals surface area contributed by atoms with Gasteiger partial charge < -0.3 is 29.2 Å². The first-order valence-electron chi connectivity index (χ1n) is 7.99. The summed E-state index contributed by atoms with van der Waals surface area (Å²) in [7, 11) is 0. The van der Waals surface area contributed by atoms with Crippen LogP contribution in [0.5, 0.6) is 5.75 Å². The third kappa shape index (κ3) is 9.46. The number of carboxylic acid groups (broad SMARTS) is 1. The van der Waals surface area contributed by atoms with Crippen LogP contribution in [0.1, 0.15) is 12.5 Å². The lowest BCUT2D eigenvalue weighted by atomic mass is 10.1. The molecule has 2 N–H and O–H groups in total. The van der Waals surface area contributed by atoms with Gasteiger partial charge in [-0.25, -0.2) is 4.79 Å². The van der Waals surface area contributed by atoms with Crippen LogP contribution in [0.4, 0.5) is 0 Å². The molecule has 0 bridgehead atoms. The number of aliphatic hydroxyl groups excluding tert-OH is 1. The van der Waals surface area contributed by atoms with Crippen molar-refractivity contribution in [2.24, 2.45) is 0 Å².